The van der Waals surface area contributed by atoms with Gasteiger partial charge in [0.1, 0.15) is 0 Å². The average molecular weight is 341 g/mol. The second-order valence-corrected chi connectivity index (χ2v) is 8.33. The molecule has 0 amide bonds. The number of hydrogen-bond acceptors (Lipinski definition) is 1. The van der Waals surface area contributed by atoms with Crippen LogP contribution in [0.25, 0.3) is 0 Å². The standard InChI is InChI=1S/C23H32O2/c1-16-11-13-19-17(2)12-14-20(22(19)15-16)21(23(24)25)10-6-9-18-7-4-3-5-8-18/h3-5,7-8,15,17,19-22H,6,9-14H2,1-2H3,(H,24,25)/t17-,19+,20+,21-,22+/m1/s1. The van der Waals surface area contributed by atoms with E-state index in [9.17, 15) is 9.90 Å². The van der Waals surface area contributed by atoms with Gasteiger partial charge in [-0.1, -0.05) is 55.3 Å². The van der Waals surface area contributed by atoms with E-state index < -0.39 is 5.97 Å². The molecule has 3 rings (SSSR count). The van der Waals surface area contributed by atoms with Crippen molar-refractivity contribution in [3.8, 4) is 0 Å². The minimum Gasteiger partial charge on any atom is -0.481 e. The predicted octanol–water partition coefficient (Wildman–Crippen LogP) is 5.73. The van der Waals surface area contributed by atoms with Crippen LogP contribution in [0.5, 0.6) is 0 Å². The fraction of sp³-hybridized carbons (Fsp3) is 0.609. The lowest BCUT2D eigenvalue weighted by Gasteiger charge is -2.45. The maximum Gasteiger partial charge on any atom is 0.306 e. The van der Waals surface area contributed by atoms with Gasteiger partial charge in [0.25, 0.3) is 0 Å². The number of carboxylic acid groups (broad SMARTS) is 1. The molecule has 0 bridgehead atoms. The van der Waals surface area contributed by atoms with Crippen LogP contribution in [-0.2, 0) is 11.2 Å². The van der Waals surface area contributed by atoms with Crippen molar-refractivity contribution in [3.05, 3.63) is 47.5 Å². The molecule has 0 saturated heterocycles. The highest BCUT2D eigenvalue weighted by Gasteiger charge is 2.42. The number of fused-ring (bicyclic) bond motifs is 1. The predicted molar refractivity (Wildman–Crippen MR) is 102 cm³/mol. The van der Waals surface area contributed by atoms with Gasteiger partial charge in [-0.05, 0) is 74.7 Å². The summed E-state index contributed by atoms with van der Waals surface area (Å²) >= 11 is 0. The summed E-state index contributed by atoms with van der Waals surface area (Å²) < 4.78 is 0. The highest BCUT2D eigenvalue weighted by molar-refractivity contribution is 5.70. The van der Waals surface area contributed by atoms with Crippen LogP contribution >= 0.6 is 0 Å². The molecule has 1 aromatic carbocycles. The first kappa shape index (κ1) is 18.2. The minimum atomic E-state index is -0.581. The summed E-state index contributed by atoms with van der Waals surface area (Å²) in [7, 11) is 0. The van der Waals surface area contributed by atoms with Crippen molar-refractivity contribution in [1.29, 1.82) is 0 Å². The maximum absolute atomic E-state index is 12.1. The molecule has 0 unspecified atom stereocenters. The summed E-state index contributed by atoms with van der Waals surface area (Å²) in [5.41, 5.74) is 2.78. The molecule has 1 saturated carbocycles. The number of aliphatic carboxylic acids is 1. The molecule has 25 heavy (non-hydrogen) atoms. The Morgan fingerprint density at radius 3 is 2.68 bits per heavy atom. The molecular weight excluding hydrogens is 308 g/mol. The molecule has 0 spiro atoms. The van der Waals surface area contributed by atoms with Crippen molar-refractivity contribution < 1.29 is 9.90 Å². The lowest BCUT2D eigenvalue weighted by atomic mass is 9.59. The Kier molecular flexibility index (Phi) is 5.98. The van der Waals surface area contributed by atoms with Gasteiger partial charge in [-0.2, -0.15) is 0 Å². The Morgan fingerprint density at radius 1 is 1.20 bits per heavy atom. The molecule has 5 atom stereocenters. The topological polar surface area (TPSA) is 37.3 Å². The van der Waals surface area contributed by atoms with E-state index >= 15 is 0 Å². The largest absolute Gasteiger partial charge is 0.481 e. The van der Waals surface area contributed by atoms with Crippen molar-refractivity contribution in [3.63, 3.8) is 0 Å². The molecule has 1 aromatic rings. The molecular formula is C23H32O2. The van der Waals surface area contributed by atoms with Gasteiger partial charge in [0, 0.05) is 0 Å². The van der Waals surface area contributed by atoms with Crippen molar-refractivity contribution in [2.24, 2.45) is 29.6 Å². The molecule has 1 fully saturated rings. The molecule has 0 radical (unpaired) electrons. The molecule has 2 aliphatic rings. The van der Waals surface area contributed by atoms with E-state index in [1.54, 1.807) is 0 Å². The zero-order valence-electron chi connectivity index (χ0n) is 15.7. The molecule has 136 valence electrons. The van der Waals surface area contributed by atoms with Gasteiger partial charge in [-0.3, -0.25) is 4.79 Å². The molecule has 1 N–H and O–H groups in total. The van der Waals surface area contributed by atoms with Crippen molar-refractivity contribution in [2.75, 3.05) is 0 Å². The summed E-state index contributed by atoms with van der Waals surface area (Å²) in [5.74, 6) is 1.47. The number of allylic oxidation sites excluding steroid dienone is 2. The van der Waals surface area contributed by atoms with Gasteiger partial charge < -0.3 is 5.11 Å². The van der Waals surface area contributed by atoms with Gasteiger partial charge in [-0.15, -0.1) is 0 Å². The lowest BCUT2D eigenvalue weighted by molar-refractivity contribution is -0.146. The van der Waals surface area contributed by atoms with Crippen LogP contribution in [0, 0.1) is 29.6 Å². The van der Waals surface area contributed by atoms with Crippen LogP contribution in [0.1, 0.15) is 57.9 Å². The van der Waals surface area contributed by atoms with Gasteiger partial charge >= 0.3 is 5.97 Å². The van der Waals surface area contributed by atoms with Crippen LogP contribution in [0.15, 0.2) is 42.0 Å². The minimum absolute atomic E-state index is 0.189. The summed E-state index contributed by atoms with van der Waals surface area (Å²) in [6.45, 7) is 4.59. The van der Waals surface area contributed by atoms with E-state index in [1.807, 2.05) is 6.07 Å². The van der Waals surface area contributed by atoms with Crippen LogP contribution in [-0.4, -0.2) is 11.1 Å². The first-order valence-corrected chi connectivity index (χ1v) is 10.00. The maximum atomic E-state index is 12.1. The number of hydrogen-bond donors (Lipinski definition) is 1. The third kappa shape index (κ3) is 4.34. The Bertz CT molecular complexity index is 604. The Hall–Kier alpha value is -1.57. The molecule has 0 aliphatic heterocycles. The van der Waals surface area contributed by atoms with E-state index in [2.05, 4.69) is 44.2 Å². The second-order valence-electron chi connectivity index (χ2n) is 8.33. The fourth-order valence-corrected chi connectivity index (χ4v) is 5.25. The van der Waals surface area contributed by atoms with Gasteiger partial charge in [0.15, 0.2) is 0 Å². The second kappa shape index (κ2) is 8.21. The van der Waals surface area contributed by atoms with Crippen LogP contribution in [0.2, 0.25) is 0 Å². The Balaban J connectivity index is 1.68. The Labute approximate surface area is 152 Å². The first-order valence-electron chi connectivity index (χ1n) is 10.00. The summed E-state index contributed by atoms with van der Waals surface area (Å²) in [5, 5.41) is 9.92. The average Bonchev–Trinajstić information content (AvgIpc) is 2.60. The van der Waals surface area contributed by atoms with E-state index in [1.165, 1.54) is 30.4 Å². The zero-order valence-corrected chi connectivity index (χ0v) is 15.7. The molecule has 2 nitrogen and oxygen atoms in total. The van der Waals surface area contributed by atoms with Crippen molar-refractivity contribution in [1.82, 2.24) is 0 Å². The number of benzene rings is 1. The summed E-state index contributed by atoms with van der Waals surface area (Å²) in [6, 6.07) is 10.4. The fourth-order valence-electron chi connectivity index (χ4n) is 5.25. The first-order chi connectivity index (χ1) is 12.1. The highest BCUT2D eigenvalue weighted by Crippen LogP contribution is 2.48. The van der Waals surface area contributed by atoms with E-state index in [-0.39, 0.29) is 5.92 Å². The van der Waals surface area contributed by atoms with Gasteiger partial charge in [0.05, 0.1) is 5.92 Å². The number of rotatable bonds is 6. The van der Waals surface area contributed by atoms with Crippen LogP contribution in [0.4, 0.5) is 0 Å². The summed E-state index contributed by atoms with van der Waals surface area (Å²) in [4.78, 5) is 12.1. The Morgan fingerprint density at radius 2 is 1.96 bits per heavy atom. The lowest BCUT2D eigenvalue weighted by Crippen LogP contribution is -2.40. The van der Waals surface area contributed by atoms with Crippen LogP contribution < -0.4 is 0 Å². The van der Waals surface area contributed by atoms with E-state index in [0.717, 1.165) is 31.6 Å². The SMILES string of the molecule is CC1=C[C@H]2[C@@H](CC1)[C@H](C)CC[C@H]2[C@@H](CCCc1ccccc1)C(=O)O. The van der Waals surface area contributed by atoms with Crippen LogP contribution in [0.3, 0.4) is 0 Å². The van der Waals surface area contributed by atoms with Crippen molar-refractivity contribution in [2.45, 2.75) is 58.8 Å². The van der Waals surface area contributed by atoms with E-state index in [4.69, 9.17) is 0 Å². The molecule has 2 aliphatic carbocycles. The van der Waals surface area contributed by atoms with Crippen molar-refractivity contribution >= 4 is 5.97 Å². The number of aryl methyl sites for hydroxylation is 1. The van der Waals surface area contributed by atoms with Gasteiger partial charge in [0.2, 0.25) is 0 Å². The summed E-state index contributed by atoms with van der Waals surface area (Å²) in [6.07, 6.45) is 9.91. The zero-order chi connectivity index (χ0) is 17.8. The molecule has 0 heterocycles. The molecule has 2 heteroatoms. The van der Waals surface area contributed by atoms with Gasteiger partial charge in [-0.25, -0.2) is 0 Å². The number of carboxylic acids is 1. The van der Waals surface area contributed by atoms with E-state index in [0.29, 0.717) is 17.8 Å². The third-order valence-electron chi connectivity index (χ3n) is 6.68. The molecule has 0 aromatic heterocycles. The third-order valence-corrected chi connectivity index (χ3v) is 6.68. The monoisotopic (exact) mass is 340 g/mol. The smallest absolute Gasteiger partial charge is 0.306 e. The quantitative estimate of drug-likeness (QED) is 0.672. The highest BCUT2D eigenvalue weighted by atomic mass is 16.4. The normalized spacial score (nSPS) is 30.2. The number of carbonyl (C=O) groups is 1.